The third-order valence-electron chi connectivity index (χ3n) is 2.68. The Kier molecular flexibility index (Phi) is 4.09. The molecule has 0 aliphatic heterocycles. The van der Waals surface area contributed by atoms with Gasteiger partial charge in [-0.05, 0) is 26.0 Å². The molecule has 2 heterocycles. The SMILES string of the molecule is CCOC(=O)c1cnc(-n2cccc2C(N)=S)nc1C. The van der Waals surface area contributed by atoms with E-state index in [9.17, 15) is 4.79 Å². The Morgan fingerprint density at radius 2 is 2.30 bits per heavy atom. The van der Waals surface area contributed by atoms with Crippen molar-refractivity contribution in [1.82, 2.24) is 14.5 Å². The molecule has 20 heavy (non-hydrogen) atoms. The number of nitrogens with zero attached hydrogens (tertiary/aromatic N) is 3. The minimum absolute atomic E-state index is 0.255. The van der Waals surface area contributed by atoms with Gasteiger partial charge in [0.25, 0.3) is 0 Å². The van der Waals surface area contributed by atoms with Crippen LogP contribution in [0.2, 0.25) is 0 Å². The van der Waals surface area contributed by atoms with E-state index in [1.54, 1.807) is 36.7 Å². The lowest BCUT2D eigenvalue weighted by Gasteiger charge is -2.09. The van der Waals surface area contributed by atoms with Gasteiger partial charge in [-0.3, -0.25) is 4.57 Å². The molecule has 0 saturated carbocycles. The van der Waals surface area contributed by atoms with Crippen LogP contribution >= 0.6 is 12.2 Å². The van der Waals surface area contributed by atoms with Crippen LogP contribution in [0.5, 0.6) is 0 Å². The van der Waals surface area contributed by atoms with Gasteiger partial charge in [0.2, 0.25) is 5.95 Å². The summed E-state index contributed by atoms with van der Waals surface area (Å²) in [6, 6.07) is 3.58. The normalized spacial score (nSPS) is 10.3. The lowest BCUT2D eigenvalue weighted by Crippen LogP contribution is -2.17. The quantitative estimate of drug-likeness (QED) is 0.676. The lowest BCUT2D eigenvalue weighted by atomic mass is 10.2. The maximum absolute atomic E-state index is 11.7. The van der Waals surface area contributed by atoms with Crippen LogP contribution in [-0.2, 0) is 4.74 Å². The number of hydrogen-bond donors (Lipinski definition) is 1. The Morgan fingerprint density at radius 1 is 1.55 bits per heavy atom. The summed E-state index contributed by atoms with van der Waals surface area (Å²) in [5, 5.41) is 0. The van der Waals surface area contributed by atoms with E-state index in [0.29, 0.717) is 29.5 Å². The first kappa shape index (κ1) is 14.1. The molecule has 7 heteroatoms. The summed E-state index contributed by atoms with van der Waals surface area (Å²) < 4.78 is 6.61. The summed E-state index contributed by atoms with van der Waals surface area (Å²) in [5.41, 5.74) is 7.16. The highest BCUT2D eigenvalue weighted by Crippen LogP contribution is 2.12. The van der Waals surface area contributed by atoms with Crippen molar-refractivity contribution in [2.75, 3.05) is 6.61 Å². The van der Waals surface area contributed by atoms with Crippen LogP contribution in [0, 0.1) is 6.92 Å². The molecular formula is C13H14N4O2S. The molecule has 0 radical (unpaired) electrons. The minimum Gasteiger partial charge on any atom is -0.462 e. The van der Waals surface area contributed by atoms with E-state index in [4.69, 9.17) is 22.7 Å². The Labute approximate surface area is 121 Å². The maximum atomic E-state index is 11.7. The second kappa shape index (κ2) is 5.79. The van der Waals surface area contributed by atoms with Gasteiger partial charge in [0.1, 0.15) is 4.99 Å². The number of carbonyl (C=O) groups excluding carboxylic acids is 1. The topological polar surface area (TPSA) is 83.0 Å². The lowest BCUT2D eigenvalue weighted by molar-refractivity contribution is 0.0524. The summed E-state index contributed by atoms with van der Waals surface area (Å²) in [4.78, 5) is 20.4. The van der Waals surface area contributed by atoms with Crippen LogP contribution in [0.25, 0.3) is 5.95 Å². The monoisotopic (exact) mass is 290 g/mol. The van der Waals surface area contributed by atoms with Crippen LogP contribution in [0.4, 0.5) is 0 Å². The Bertz CT molecular complexity index is 666. The summed E-state index contributed by atoms with van der Waals surface area (Å²) in [7, 11) is 0. The highest BCUT2D eigenvalue weighted by molar-refractivity contribution is 7.80. The van der Waals surface area contributed by atoms with Gasteiger partial charge in [0, 0.05) is 12.4 Å². The van der Waals surface area contributed by atoms with Crippen LogP contribution in [0.1, 0.15) is 28.7 Å². The van der Waals surface area contributed by atoms with Crippen molar-refractivity contribution in [2.24, 2.45) is 5.73 Å². The zero-order valence-electron chi connectivity index (χ0n) is 11.2. The molecule has 0 amide bonds. The second-order valence-corrected chi connectivity index (χ2v) is 4.46. The van der Waals surface area contributed by atoms with Crippen molar-refractivity contribution in [2.45, 2.75) is 13.8 Å². The van der Waals surface area contributed by atoms with E-state index in [1.165, 1.54) is 6.20 Å². The number of hydrogen-bond acceptors (Lipinski definition) is 5. The van der Waals surface area contributed by atoms with Crippen LogP contribution in [0.3, 0.4) is 0 Å². The fourth-order valence-corrected chi connectivity index (χ4v) is 1.90. The van der Waals surface area contributed by atoms with Crippen LogP contribution < -0.4 is 5.73 Å². The number of esters is 1. The highest BCUT2D eigenvalue weighted by Gasteiger charge is 2.14. The van der Waals surface area contributed by atoms with Crippen molar-refractivity contribution < 1.29 is 9.53 Å². The highest BCUT2D eigenvalue weighted by atomic mass is 32.1. The van der Waals surface area contributed by atoms with Gasteiger partial charge >= 0.3 is 5.97 Å². The standard InChI is InChI=1S/C13H14N4O2S/c1-3-19-12(18)9-7-15-13(16-8(9)2)17-6-4-5-10(17)11(14)20/h4-7H,3H2,1-2H3,(H2,14,20). The maximum Gasteiger partial charge on any atom is 0.341 e. The third-order valence-corrected chi connectivity index (χ3v) is 2.89. The fourth-order valence-electron chi connectivity index (χ4n) is 1.74. The van der Waals surface area contributed by atoms with Crippen LogP contribution in [-0.4, -0.2) is 32.1 Å². The van der Waals surface area contributed by atoms with Gasteiger partial charge in [-0.25, -0.2) is 14.8 Å². The van der Waals surface area contributed by atoms with Gasteiger partial charge in [-0.15, -0.1) is 0 Å². The van der Waals surface area contributed by atoms with E-state index < -0.39 is 5.97 Å². The zero-order chi connectivity index (χ0) is 14.7. The molecule has 0 unspecified atom stereocenters. The van der Waals surface area contributed by atoms with Gasteiger partial charge in [-0.1, -0.05) is 12.2 Å². The third kappa shape index (κ3) is 2.67. The Morgan fingerprint density at radius 3 is 2.90 bits per heavy atom. The van der Waals surface area contributed by atoms with Gasteiger partial charge in [0.05, 0.1) is 23.6 Å². The largest absolute Gasteiger partial charge is 0.462 e. The molecule has 0 spiro atoms. The number of aromatic nitrogens is 3. The molecule has 0 aliphatic carbocycles. The molecule has 0 atom stereocenters. The Balaban J connectivity index is 2.41. The molecule has 0 fully saturated rings. The van der Waals surface area contributed by atoms with E-state index in [0.717, 1.165) is 0 Å². The van der Waals surface area contributed by atoms with E-state index in [-0.39, 0.29) is 4.99 Å². The molecule has 2 N–H and O–H groups in total. The Hall–Kier alpha value is -2.28. The van der Waals surface area contributed by atoms with E-state index in [2.05, 4.69) is 9.97 Å². The molecule has 6 nitrogen and oxygen atoms in total. The molecule has 2 aromatic heterocycles. The molecule has 104 valence electrons. The predicted molar refractivity (Wildman–Crippen MR) is 77.9 cm³/mol. The van der Waals surface area contributed by atoms with Crippen molar-refractivity contribution in [1.29, 1.82) is 0 Å². The van der Waals surface area contributed by atoms with Gasteiger partial charge in [0.15, 0.2) is 0 Å². The molecule has 0 aliphatic rings. The van der Waals surface area contributed by atoms with Crippen molar-refractivity contribution in [3.63, 3.8) is 0 Å². The predicted octanol–water partition coefficient (Wildman–Crippen LogP) is 1.39. The van der Waals surface area contributed by atoms with Gasteiger partial charge < -0.3 is 10.5 Å². The minimum atomic E-state index is -0.432. The zero-order valence-corrected chi connectivity index (χ0v) is 12.0. The first-order chi connectivity index (χ1) is 9.54. The van der Waals surface area contributed by atoms with Crippen molar-refractivity contribution in [3.8, 4) is 5.95 Å². The summed E-state index contributed by atoms with van der Waals surface area (Å²) in [5.74, 6) is -0.0260. The van der Waals surface area contributed by atoms with Crippen molar-refractivity contribution in [3.05, 3.63) is 41.5 Å². The smallest absolute Gasteiger partial charge is 0.341 e. The molecule has 0 aromatic carbocycles. The molecule has 0 saturated heterocycles. The molecule has 2 rings (SSSR count). The number of carbonyl (C=O) groups is 1. The number of nitrogens with two attached hydrogens (primary N) is 1. The molecule has 0 bridgehead atoms. The number of rotatable bonds is 4. The molecule has 2 aromatic rings. The van der Waals surface area contributed by atoms with Crippen molar-refractivity contribution >= 4 is 23.2 Å². The average molecular weight is 290 g/mol. The first-order valence-corrected chi connectivity index (χ1v) is 6.43. The number of ether oxygens (including phenoxy) is 1. The van der Waals surface area contributed by atoms with E-state index >= 15 is 0 Å². The number of thiocarbonyl (C=S) groups is 1. The average Bonchev–Trinajstić information content (AvgIpc) is 2.88. The fraction of sp³-hybridized carbons (Fsp3) is 0.231. The summed E-state index contributed by atoms with van der Waals surface area (Å²) >= 11 is 4.97. The van der Waals surface area contributed by atoms with Gasteiger partial charge in [-0.2, -0.15) is 0 Å². The first-order valence-electron chi connectivity index (χ1n) is 6.03. The van der Waals surface area contributed by atoms with E-state index in [1.807, 2.05) is 0 Å². The second-order valence-electron chi connectivity index (χ2n) is 4.02. The molecular weight excluding hydrogens is 276 g/mol. The summed E-state index contributed by atoms with van der Waals surface area (Å²) in [6.45, 7) is 3.78. The van der Waals surface area contributed by atoms with Crippen LogP contribution in [0.15, 0.2) is 24.5 Å². The summed E-state index contributed by atoms with van der Waals surface area (Å²) in [6.07, 6.45) is 3.20. The number of aryl methyl sites for hydroxylation is 1.